The van der Waals surface area contributed by atoms with Gasteiger partial charge >= 0.3 is 6.18 Å². The van der Waals surface area contributed by atoms with E-state index in [1.165, 1.54) is 6.20 Å². The van der Waals surface area contributed by atoms with E-state index in [0.29, 0.717) is 5.82 Å². The first-order valence-corrected chi connectivity index (χ1v) is 4.95. The number of benzene rings is 1. The Bertz CT molecular complexity index is 573. The maximum absolute atomic E-state index is 10.4. The quantitative estimate of drug-likeness (QED) is 0.804. The Morgan fingerprint density at radius 1 is 1.32 bits per heavy atom. The van der Waals surface area contributed by atoms with E-state index in [-0.39, 0.29) is 0 Å². The molecule has 1 aromatic carbocycles. The van der Waals surface area contributed by atoms with Crippen molar-refractivity contribution in [3.8, 4) is 5.75 Å². The van der Waals surface area contributed by atoms with E-state index in [9.17, 15) is 13.2 Å². The predicted octanol–water partition coefficient (Wildman–Crippen LogP) is 1.97. The summed E-state index contributed by atoms with van der Waals surface area (Å²) in [5.74, 6) is 1.17. The predicted molar refractivity (Wildman–Crippen MR) is 62.6 cm³/mol. The van der Waals surface area contributed by atoms with E-state index in [1.807, 2.05) is 12.1 Å². The molecule has 1 aromatic heterocycles. The minimum absolute atomic E-state index is 0.417. The third-order valence-corrected chi connectivity index (χ3v) is 1.90. The molecule has 0 aliphatic rings. The summed E-state index contributed by atoms with van der Waals surface area (Å²) in [5, 5.41) is 0. The zero-order valence-electron chi connectivity index (χ0n) is 9.81. The number of nitrogen functional groups attached to an aromatic ring is 1. The molecule has 102 valence electrons. The summed E-state index contributed by atoms with van der Waals surface area (Å²) in [6, 6.07) is 5.49. The molecule has 0 radical (unpaired) electrons. The standard InChI is InChI=1S/C9H9N3O.C2HF3O/c1-13-6-2-3-7-8(4-6)12-9(10)5-11-7;3-2(4,5)1-6/h2-5H,1H3,(H2,10,12);1H. The number of hydrogen-bond donors (Lipinski definition) is 1. The van der Waals surface area contributed by atoms with Gasteiger partial charge in [0.05, 0.1) is 24.3 Å². The lowest BCUT2D eigenvalue weighted by Crippen LogP contribution is -2.07. The number of rotatable bonds is 1. The van der Waals surface area contributed by atoms with Crippen LogP contribution in [-0.4, -0.2) is 29.5 Å². The third kappa shape index (κ3) is 4.78. The number of hydrogen-bond acceptors (Lipinski definition) is 5. The van der Waals surface area contributed by atoms with Crippen LogP contribution in [0, 0.1) is 0 Å². The van der Waals surface area contributed by atoms with Gasteiger partial charge in [0.2, 0.25) is 6.29 Å². The second-order valence-electron chi connectivity index (χ2n) is 3.31. The van der Waals surface area contributed by atoms with E-state index >= 15 is 0 Å². The van der Waals surface area contributed by atoms with Gasteiger partial charge in [0.1, 0.15) is 11.6 Å². The molecule has 0 atom stereocenters. The molecule has 8 heteroatoms. The van der Waals surface area contributed by atoms with E-state index in [1.54, 1.807) is 13.2 Å². The largest absolute Gasteiger partial charge is 0.497 e. The first-order valence-electron chi connectivity index (χ1n) is 4.95. The van der Waals surface area contributed by atoms with Crippen LogP contribution < -0.4 is 10.5 Å². The Hall–Kier alpha value is -2.38. The number of carbonyl (C=O) groups excluding carboxylic acids is 1. The highest BCUT2D eigenvalue weighted by atomic mass is 19.4. The van der Waals surface area contributed by atoms with Gasteiger partial charge < -0.3 is 10.5 Å². The maximum atomic E-state index is 10.4. The minimum atomic E-state index is -4.64. The van der Waals surface area contributed by atoms with Crippen LogP contribution in [0.5, 0.6) is 5.75 Å². The fourth-order valence-corrected chi connectivity index (χ4v) is 1.13. The summed E-state index contributed by atoms with van der Waals surface area (Å²) in [6.07, 6.45) is -4.16. The van der Waals surface area contributed by atoms with Crippen LogP contribution in [0.15, 0.2) is 24.4 Å². The molecular formula is C11H10F3N3O2. The van der Waals surface area contributed by atoms with Gasteiger partial charge in [-0.2, -0.15) is 13.2 Å². The lowest BCUT2D eigenvalue weighted by Gasteiger charge is -2.01. The second kappa shape index (κ2) is 5.98. The molecule has 0 spiro atoms. The molecule has 1 heterocycles. The highest BCUT2D eigenvalue weighted by Crippen LogP contribution is 2.17. The van der Waals surface area contributed by atoms with Gasteiger partial charge in [-0.15, -0.1) is 0 Å². The van der Waals surface area contributed by atoms with E-state index in [0.717, 1.165) is 16.8 Å². The van der Waals surface area contributed by atoms with Gasteiger partial charge in [-0.25, -0.2) is 4.98 Å². The van der Waals surface area contributed by atoms with Crippen molar-refractivity contribution < 1.29 is 22.7 Å². The average Bonchev–Trinajstić information content (AvgIpc) is 2.37. The molecule has 0 unspecified atom stereocenters. The summed E-state index contributed by atoms with van der Waals surface area (Å²) in [4.78, 5) is 16.9. The topological polar surface area (TPSA) is 78.1 Å². The molecule has 5 nitrogen and oxygen atoms in total. The Balaban J connectivity index is 0.000000258. The van der Waals surface area contributed by atoms with Crippen LogP contribution in [0.3, 0.4) is 0 Å². The first kappa shape index (κ1) is 14.7. The third-order valence-electron chi connectivity index (χ3n) is 1.90. The summed E-state index contributed by atoms with van der Waals surface area (Å²) in [5.41, 5.74) is 7.07. The van der Waals surface area contributed by atoms with Gasteiger partial charge in [0.25, 0.3) is 0 Å². The molecular weight excluding hydrogens is 263 g/mol. The van der Waals surface area contributed by atoms with Gasteiger partial charge in [-0.05, 0) is 12.1 Å². The van der Waals surface area contributed by atoms with Crippen LogP contribution in [0.2, 0.25) is 0 Å². The fourth-order valence-electron chi connectivity index (χ4n) is 1.13. The van der Waals surface area contributed by atoms with E-state index in [4.69, 9.17) is 15.3 Å². The Kier molecular flexibility index (Phi) is 4.62. The number of methoxy groups -OCH3 is 1. The smallest absolute Gasteiger partial charge is 0.446 e. The summed E-state index contributed by atoms with van der Waals surface area (Å²) in [6.45, 7) is 0. The zero-order chi connectivity index (χ0) is 14.5. The number of fused-ring (bicyclic) bond motifs is 1. The SMILES string of the molecule is COc1ccc2ncc(N)nc2c1.O=CC(F)(F)F. The van der Waals surface area contributed by atoms with Gasteiger partial charge in [-0.1, -0.05) is 0 Å². The molecule has 0 amide bonds. The first-order chi connectivity index (χ1) is 8.85. The highest BCUT2D eigenvalue weighted by Gasteiger charge is 2.24. The van der Waals surface area contributed by atoms with Crippen molar-refractivity contribution in [2.75, 3.05) is 12.8 Å². The van der Waals surface area contributed by atoms with Crippen LogP contribution in [0.1, 0.15) is 0 Å². The molecule has 0 saturated heterocycles. The van der Waals surface area contributed by atoms with Crippen LogP contribution in [-0.2, 0) is 4.79 Å². The normalized spacial score (nSPS) is 10.5. The van der Waals surface area contributed by atoms with E-state index in [2.05, 4.69) is 9.97 Å². The molecule has 0 aliphatic heterocycles. The minimum Gasteiger partial charge on any atom is -0.497 e. The Morgan fingerprint density at radius 2 is 1.95 bits per heavy atom. The van der Waals surface area contributed by atoms with Gasteiger partial charge in [0.15, 0.2) is 0 Å². The number of ether oxygens (including phenoxy) is 1. The van der Waals surface area contributed by atoms with Crippen molar-refractivity contribution in [2.24, 2.45) is 0 Å². The molecule has 19 heavy (non-hydrogen) atoms. The monoisotopic (exact) mass is 273 g/mol. The summed E-state index contributed by atoms with van der Waals surface area (Å²) >= 11 is 0. The zero-order valence-corrected chi connectivity index (χ0v) is 9.81. The Labute approximate surface area is 106 Å². The number of aldehydes is 1. The second-order valence-corrected chi connectivity index (χ2v) is 3.31. The fraction of sp³-hybridized carbons (Fsp3) is 0.182. The lowest BCUT2D eigenvalue weighted by molar-refractivity contribution is -0.156. The summed E-state index contributed by atoms with van der Waals surface area (Å²) < 4.78 is 36.3. The van der Waals surface area contributed by atoms with Crippen molar-refractivity contribution in [1.29, 1.82) is 0 Å². The maximum Gasteiger partial charge on any atom is 0.446 e. The van der Waals surface area contributed by atoms with Crippen molar-refractivity contribution in [1.82, 2.24) is 9.97 Å². The van der Waals surface area contributed by atoms with Crippen molar-refractivity contribution >= 4 is 23.1 Å². The molecule has 0 bridgehead atoms. The number of nitrogens with two attached hydrogens (primary N) is 1. The molecule has 2 rings (SSSR count). The number of anilines is 1. The number of halogens is 3. The number of aromatic nitrogens is 2. The highest BCUT2D eigenvalue weighted by molar-refractivity contribution is 5.76. The number of alkyl halides is 3. The van der Waals surface area contributed by atoms with Crippen molar-refractivity contribution in [3.05, 3.63) is 24.4 Å². The molecule has 0 aliphatic carbocycles. The van der Waals surface area contributed by atoms with Crippen molar-refractivity contribution in [3.63, 3.8) is 0 Å². The Morgan fingerprint density at radius 3 is 2.47 bits per heavy atom. The van der Waals surface area contributed by atoms with Gasteiger partial charge in [0, 0.05) is 6.07 Å². The van der Waals surface area contributed by atoms with Crippen LogP contribution in [0.25, 0.3) is 11.0 Å². The summed E-state index contributed by atoms with van der Waals surface area (Å²) in [7, 11) is 1.61. The molecule has 2 N–H and O–H groups in total. The number of nitrogens with zero attached hydrogens (tertiary/aromatic N) is 2. The van der Waals surface area contributed by atoms with Crippen LogP contribution >= 0.6 is 0 Å². The molecule has 2 aromatic rings. The van der Waals surface area contributed by atoms with Crippen molar-refractivity contribution in [2.45, 2.75) is 6.18 Å². The average molecular weight is 273 g/mol. The molecule has 0 fully saturated rings. The van der Waals surface area contributed by atoms with Crippen LogP contribution in [0.4, 0.5) is 19.0 Å². The molecule has 0 saturated carbocycles. The number of carbonyl (C=O) groups is 1. The van der Waals surface area contributed by atoms with E-state index < -0.39 is 12.5 Å². The van der Waals surface area contributed by atoms with Gasteiger partial charge in [-0.3, -0.25) is 9.78 Å². The lowest BCUT2D eigenvalue weighted by atomic mass is 10.3.